The van der Waals surface area contributed by atoms with E-state index < -0.39 is 0 Å². The largest absolute Gasteiger partial charge is 0.341 e. The van der Waals surface area contributed by atoms with Crippen molar-refractivity contribution >= 4 is 17.7 Å². The summed E-state index contributed by atoms with van der Waals surface area (Å²) in [5.74, 6) is 2.26. The molecule has 0 aromatic heterocycles. The monoisotopic (exact) mass is 398 g/mol. The summed E-state index contributed by atoms with van der Waals surface area (Å²) in [5.41, 5.74) is 2.38. The van der Waals surface area contributed by atoms with Crippen LogP contribution >= 0.6 is 11.8 Å². The van der Waals surface area contributed by atoms with Crippen LogP contribution in [0.3, 0.4) is 0 Å². The van der Waals surface area contributed by atoms with Crippen LogP contribution in [0.2, 0.25) is 0 Å². The van der Waals surface area contributed by atoms with Crippen molar-refractivity contribution in [2.24, 2.45) is 5.92 Å². The molecule has 0 N–H and O–H groups in total. The van der Waals surface area contributed by atoms with Crippen molar-refractivity contribution in [3.8, 4) is 0 Å². The van der Waals surface area contributed by atoms with Gasteiger partial charge in [-0.25, -0.2) is 4.39 Å². The predicted octanol–water partition coefficient (Wildman–Crippen LogP) is 4.35. The van der Waals surface area contributed by atoms with Gasteiger partial charge in [-0.3, -0.25) is 9.69 Å². The maximum Gasteiger partial charge on any atom is 0.227 e. The highest BCUT2D eigenvalue weighted by molar-refractivity contribution is 7.99. The van der Waals surface area contributed by atoms with Gasteiger partial charge in [0.15, 0.2) is 0 Å². The zero-order valence-electron chi connectivity index (χ0n) is 16.1. The normalized spacial score (nSPS) is 23.5. The van der Waals surface area contributed by atoms with E-state index in [0.717, 1.165) is 56.1 Å². The third-order valence-electron chi connectivity index (χ3n) is 5.84. The molecule has 2 aromatic carbocycles. The highest BCUT2D eigenvalue weighted by Gasteiger charge is 2.35. The number of benzene rings is 2. The lowest BCUT2D eigenvalue weighted by molar-refractivity contribution is -0.137. The van der Waals surface area contributed by atoms with E-state index in [1.165, 1.54) is 5.56 Å². The zero-order chi connectivity index (χ0) is 19.3. The molecule has 2 saturated heterocycles. The molecule has 4 rings (SSSR count). The second-order valence-electron chi connectivity index (χ2n) is 7.69. The number of hydrogen-bond donors (Lipinski definition) is 0. The van der Waals surface area contributed by atoms with Gasteiger partial charge in [-0.15, -0.1) is 0 Å². The van der Waals surface area contributed by atoms with Gasteiger partial charge in [0, 0.05) is 43.7 Å². The van der Waals surface area contributed by atoms with E-state index in [9.17, 15) is 9.18 Å². The number of thioether (sulfide) groups is 1. The van der Waals surface area contributed by atoms with E-state index in [1.807, 2.05) is 30.0 Å². The van der Waals surface area contributed by atoms with E-state index in [2.05, 4.69) is 34.1 Å². The first kappa shape index (κ1) is 19.5. The smallest absolute Gasteiger partial charge is 0.227 e. The number of hydrogen-bond acceptors (Lipinski definition) is 3. The number of piperidine rings is 1. The fraction of sp³-hybridized carbons (Fsp3) is 0.435. The standard InChI is InChI=1S/C23H27FN2OS/c24-21-9-6-19(7-10-21)22-11-8-20(23(27)25-12-14-28-15-13-25)17-26(22)16-18-4-2-1-3-5-18/h1-7,9-10,20,22H,8,11-17H2. The maximum atomic E-state index is 13.4. The Morgan fingerprint density at radius 2 is 1.71 bits per heavy atom. The summed E-state index contributed by atoms with van der Waals surface area (Å²) >= 11 is 1.93. The minimum absolute atomic E-state index is 0.0588. The van der Waals surface area contributed by atoms with Gasteiger partial charge in [-0.2, -0.15) is 11.8 Å². The Balaban J connectivity index is 1.52. The van der Waals surface area contributed by atoms with E-state index >= 15 is 0 Å². The van der Waals surface area contributed by atoms with Crippen LogP contribution in [0.1, 0.15) is 30.0 Å². The molecule has 2 fully saturated rings. The molecule has 2 heterocycles. The Kier molecular flexibility index (Phi) is 6.33. The van der Waals surface area contributed by atoms with E-state index in [-0.39, 0.29) is 17.8 Å². The topological polar surface area (TPSA) is 23.6 Å². The van der Waals surface area contributed by atoms with Crippen molar-refractivity contribution in [3.63, 3.8) is 0 Å². The van der Waals surface area contributed by atoms with Crippen molar-refractivity contribution in [3.05, 3.63) is 71.5 Å². The number of nitrogens with zero attached hydrogens (tertiary/aromatic N) is 2. The van der Waals surface area contributed by atoms with Crippen molar-refractivity contribution in [2.45, 2.75) is 25.4 Å². The lowest BCUT2D eigenvalue weighted by Gasteiger charge is -2.41. The summed E-state index contributed by atoms with van der Waals surface area (Å²) in [4.78, 5) is 17.5. The molecule has 0 bridgehead atoms. The molecule has 28 heavy (non-hydrogen) atoms. The lowest BCUT2D eigenvalue weighted by Crippen LogP contribution is -2.47. The second-order valence-corrected chi connectivity index (χ2v) is 8.92. The van der Waals surface area contributed by atoms with E-state index in [4.69, 9.17) is 0 Å². The summed E-state index contributed by atoms with van der Waals surface area (Å²) in [5, 5.41) is 0. The van der Waals surface area contributed by atoms with Crippen LogP contribution in [-0.2, 0) is 11.3 Å². The van der Waals surface area contributed by atoms with Crippen LogP contribution in [0.25, 0.3) is 0 Å². The average Bonchev–Trinajstić information content (AvgIpc) is 2.75. The van der Waals surface area contributed by atoms with Crippen LogP contribution in [0.5, 0.6) is 0 Å². The van der Waals surface area contributed by atoms with Gasteiger partial charge in [0.1, 0.15) is 5.82 Å². The molecule has 0 aliphatic carbocycles. The van der Waals surface area contributed by atoms with Crippen molar-refractivity contribution in [2.75, 3.05) is 31.1 Å². The summed E-state index contributed by atoms with van der Waals surface area (Å²) in [6.07, 6.45) is 1.83. The van der Waals surface area contributed by atoms with Gasteiger partial charge < -0.3 is 4.90 Å². The number of amides is 1. The van der Waals surface area contributed by atoms with Crippen molar-refractivity contribution < 1.29 is 9.18 Å². The summed E-state index contributed by atoms with van der Waals surface area (Å²) in [6, 6.07) is 17.5. The molecule has 2 aliphatic rings. The molecule has 3 nitrogen and oxygen atoms in total. The number of carbonyl (C=O) groups is 1. The molecule has 2 aromatic rings. The Bertz CT molecular complexity index is 777. The number of halogens is 1. The van der Waals surface area contributed by atoms with Crippen LogP contribution in [0.15, 0.2) is 54.6 Å². The van der Waals surface area contributed by atoms with E-state index in [0.29, 0.717) is 5.91 Å². The van der Waals surface area contributed by atoms with Gasteiger partial charge in [0.2, 0.25) is 5.91 Å². The lowest BCUT2D eigenvalue weighted by atomic mass is 9.87. The first-order valence-corrected chi connectivity index (χ1v) is 11.3. The first-order valence-electron chi connectivity index (χ1n) is 10.1. The molecule has 2 aliphatic heterocycles. The van der Waals surface area contributed by atoms with E-state index in [1.54, 1.807) is 12.1 Å². The zero-order valence-corrected chi connectivity index (χ0v) is 16.9. The third-order valence-corrected chi connectivity index (χ3v) is 6.78. The van der Waals surface area contributed by atoms with Gasteiger partial charge in [0.05, 0.1) is 5.92 Å². The molecular formula is C23H27FN2OS. The van der Waals surface area contributed by atoms with Gasteiger partial charge in [0.25, 0.3) is 0 Å². The molecule has 0 spiro atoms. The Hall–Kier alpha value is -1.85. The summed E-state index contributed by atoms with van der Waals surface area (Å²) < 4.78 is 13.4. The van der Waals surface area contributed by atoms with Gasteiger partial charge >= 0.3 is 0 Å². The highest BCUT2D eigenvalue weighted by Crippen LogP contribution is 2.35. The van der Waals surface area contributed by atoms with Gasteiger partial charge in [-0.05, 0) is 36.1 Å². The highest BCUT2D eigenvalue weighted by atomic mass is 32.2. The summed E-state index contributed by atoms with van der Waals surface area (Å²) in [7, 11) is 0. The average molecular weight is 399 g/mol. The minimum atomic E-state index is -0.204. The molecule has 0 saturated carbocycles. The van der Waals surface area contributed by atoms with Crippen LogP contribution in [0.4, 0.5) is 4.39 Å². The second kappa shape index (κ2) is 9.10. The molecule has 148 valence electrons. The fourth-order valence-electron chi connectivity index (χ4n) is 4.34. The van der Waals surface area contributed by atoms with Crippen LogP contribution < -0.4 is 0 Å². The predicted molar refractivity (Wildman–Crippen MR) is 113 cm³/mol. The molecule has 2 unspecified atom stereocenters. The minimum Gasteiger partial charge on any atom is -0.341 e. The molecule has 2 atom stereocenters. The Morgan fingerprint density at radius 1 is 1.00 bits per heavy atom. The fourth-order valence-corrected chi connectivity index (χ4v) is 5.24. The van der Waals surface area contributed by atoms with Gasteiger partial charge in [-0.1, -0.05) is 42.5 Å². The third kappa shape index (κ3) is 4.58. The van der Waals surface area contributed by atoms with Crippen LogP contribution in [-0.4, -0.2) is 46.8 Å². The number of carbonyl (C=O) groups excluding carboxylic acids is 1. The molecular weight excluding hydrogens is 371 g/mol. The van der Waals surface area contributed by atoms with Crippen molar-refractivity contribution in [1.82, 2.24) is 9.80 Å². The Morgan fingerprint density at radius 3 is 2.43 bits per heavy atom. The number of likely N-dealkylation sites (tertiary alicyclic amines) is 1. The Labute approximate surface area is 170 Å². The first-order chi connectivity index (χ1) is 13.7. The van der Waals surface area contributed by atoms with Crippen LogP contribution in [0, 0.1) is 11.7 Å². The molecule has 0 radical (unpaired) electrons. The molecule has 1 amide bonds. The molecule has 5 heteroatoms. The maximum absolute atomic E-state index is 13.4. The number of rotatable bonds is 4. The van der Waals surface area contributed by atoms with Crippen molar-refractivity contribution in [1.29, 1.82) is 0 Å². The quantitative estimate of drug-likeness (QED) is 0.765. The summed E-state index contributed by atoms with van der Waals surface area (Å²) in [6.45, 7) is 3.32. The SMILES string of the molecule is O=C(C1CCC(c2ccc(F)cc2)N(Cc2ccccc2)C1)N1CCSCC1.